The van der Waals surface area contributed by atoms with Crippen molar-refractivity contribution < 1.29 is 8.42 Å². The summed E-state index contributed by atoms with van der Waals surface area (Å²) < 4.78 is 22.4. The lowest BCUT2D eigenvalue weighted by Gasteiger charge is -2.31. The van der Waals surface area contributed by atoms with Crippen LogP contribution in [0, 0.1) is 11.3 Å². The van der Waals surface area contributed by atoms with Gasteiger partial charge in [0.25, 0.3) is 0 Å². The molecule has 1 saturated carbocycles. The summed E-state index contributed by atoms with van der Waals surface area (Å²) >= 11 is 0. The lowest BCUT2D eigenvalue weighted by Crippen LogP contribution is -2.39. The van der Waals surface area contributed by atoms with Gasteiger partial charge in [-0.3, -0.25) is 0 Å². The highest BCUT2D eigenvalue weighted by molar-refractivity contribution is 7.90. The molecular formula is C15H31NO2S. The van der Waals surface area contributed by atoms with E-state index in [9.17, 15) is 8.42 Å². The van der Waals surface area contributed by atoms with Crippen molar-refractivity contribution >= 4 is 9.84 Å². The molecule has 1 fully saturated rings. The van der Waals surface area contributed by atoms with Gasteiger partial charge in [0.15, 0.2) is 0 Å². The highest BCUT2D eigenvalue weighted by atomic mass is 32.2. The van der Waals surface area contributed by atoms with E-state index in [1.54, 1.807) is 0 Å². The van der Waals surface area contributed by atoms with Crippen molar-refractivity contribution in [3.05, 3.63) is 0 Å². The normalized spacial score (nSPS) is 30.1. The summed E-state index contributed by atoms with van der Waals surface area (Å²) in [5.41, 5.74) is 6.72. The van der Waals surface area contributed by atoms with Crippen LogP contribution in [0.1, 0.15) is 65.7 Å². The third-order valence-corrected chi connectivity index (χ3v) is 5.66. The second-order valence-corrected chi connectivity index (χ2v) is 9.85. The molecule has 0 aliphatic heterocycles. The lowest BCUT2D eigenvalue weighted by molar-refractivity contribution is 0.209. The van der Waals surface area contributed by atoms with Gasteiger partial charge in [-0.2, -0.15) is 0 Å². The van der Waals surface area contributed by atoms with Gasteiger partial charge in [-0.05, 0) is 49.9 Å². The predicted octanol–water partition coefficient (Wildman–Crippen LogP) is 3.14. The minimum Gasteiger partial charge on any atom is -0.325 e. The molecule has 0 aromatic heterocycles. The van der Waals surface area contributed by atoms with E-state index in [2.05, 4.69) is 20.8 Å². The standard InChI is InChI=1S/C15H31NO2S/c1-14(2,3)13-7-5-9-15(16,11-8-13)10-6-12-19(4,17)18/h13H,5-12,16H2,1-4H3. The van der Waals surface area contributed by atoms with Crippen molar-refractivity contribution in [2.45, 2.75) is 71.3 Å². The zero-order valence-corrected chi connectivity index (χ0v) is 13.9. The van der Waals surface area contributed by atoms with E-state index >= 15 is 0 Å². The molecule has 0 aromatic carbocycles. The van der Waals surface area contributed by atoms with Crippen LogP contribution >= 0.6 is 0 Å². The molecule has 1 rings (SSSR count). The largest absolute Gasteiger partial charge is 0.325 e. The molecule has 19 heavy (non-hydrogen) atoms. The third kappa shape index (κ3) is 6.26. The maximum Gasteiger partial charge on any atom is 0.147 e. The molecule has 0 aromatic rings. The monoisotopic (exact) mass is 289 g/mol. The molecule has 3 nitrogen and oxygen atoms in total. The van der Waals surface area contributed by atoms with Crippen LogP contribution < -0.4 is 5.73 Å². The summed E-state index contributed by atoms with van der Waals surface area (Å²) in [5, 5.41) is 0. The van der Waals surface area contributed by atoms with E-state index < -0.39 is 9.84 Å². The van der Waals surface area contributed by atoms with Gasteiger partial charge in [-0.1, -0.05) is 27.2 Å². The number of hydrogen-bond donors (Lipinski definition) is 1. The zero-order chi connectivity index (χ0) is 14.7. The van der Waals surface area contributed by atoms with E-state index in [1.165, 1.54) is 25.5 Å². The van der Waals surface area contributed by atoms with Crippen LogP contribution in [0.4, 0.5) is 0 Å². The first kappa shape index (κ1) is 17.0. The Hall–Kier alpha value is -0.0900. The Bertz CT molecular complexity index is 383. The van der Waals surface area contributed by atoms with E-state index in [-0.39, 0.29) is 11.3 Å². The fourth-order valence-electron chi connectivity index (χ4n) is 3.23. The van der Waals surface area contributed by atoms with E-state index in [1.807, 2.05) is 0 Å². The van der Waals surface area contributed by atoms with Gasteiger partial charge in [-0.15, -0.1) is 0 Å². The van der Waals surface area contributed by atoms with Crippen molar-refractivity contribution in [1.29, 1.82) is 0 Å². The number of rotatable bonds is 4. The Morgan fingerprint density at radius 2 is 1.84 bits per heavy atom. The molecular weight excluding hydrogens is 258 g/mol. The highest BCUT2D eigenvalue weighted by Crippen LogP contribution is 2.40. The van der Waals surface area contributed by atoms with Crippen molar-refractivity contribution in [2.24, 2.45) is 17.1 Å². The first-order chi connectivity index (χ1) is 8.52. The van der Waals surface area contributed by atoms with Gasteiger partial charge >= 0.3 is 0 Å². The topological polar surface area (TPSA) is 60.2 Å². The summed E-state index contributed by atoms with van der Waals surface area (Å²) in [6, 6.07) is 0. The van der Waals surface area contributed by atoms with Gasteiger partial charge in [0, 0.05) is 17.5 Å². The Morgan fingerprint density at radius 3 is 2.37 bits per heavy atom. The average Bonchev–Trinajstić information content (AvgIpc) is 2.37. The maximum atomic E-state index is 11.2. The smallest absolute Gasteiger partial charge is 0.147 e. The molecule has 0 heterocycles. The Kier molecular flexibility index (Phi) is 5.47. The lowest BCUT2D eigenvalue weighted by atomic mass is 9.76. The van der Waals surface area contributed by atoms with Crippen LogP contribution in [-0.2, 0) is 9.84 Å². The first-order valence-corrected chi connectivity index (χ1v) is 9.55. The quantitative estimate of drug-likeness (QED) is 0.809. The minimum absolute atomic E-state index is 0.134. The van der Waals surface area contributed by atoms with Crippen LogP contribution in [-0.4, -0.2) is 26.0 Å². The first-order valence-electron chi connectivity index (χ1n) is 7.48. The van der Waals surface area contributed by atoms with Crippen molar-refractivity contribution in [3.63, 3.8) is 0 Å². The van der Waals surface area contributed by atoms with Crippen molar-refractivity contribution in [2.75, 3.05) is 12.0 Å². The molecule has 1 aliphatic carbocycles. The van der Waals surface area contributed by atoms with Crippen LogP contribution in [0.5, 0.6) is 0 Å². The third-order valence-electron chi connectivity index (χ3n) is 4.63. The van der Waals surface area contributed by atoms with Crippen LogP contribution in [0.2, 0.25) is 0 Å². The minimum atomic E-state index is -2.85. The molecule has 0 radical (unpaired) electrons. The molecule has 2 atom stereocenters. The summed E-state index contributed by atoms with van der Waals surface area (Å²) in [6.07, 6.45) is 8.55. The second-order valence-electron chi connectivity index (χ2n) is 7.59. The highest BCUT2D eigenvalue weighted by Gasteiger charge is 2.33. The molecule has 0 saturated heterocycles. The van der Waals surface area contributed by atoms with Gasteiger partial charge in [0.05, 0.1) is 0 Å². The Balaban J connectivity index is 2.50. The van der Waals surface area contributed by atoms with Crippen LogP contribution in [0.3, 0.4) is 0 Å². The molecule has 0 amide bonds. The van der Waals surface area contributed by atoms with Crippen molar-refractivity contribution in [3.8, 4) is 0 Å². The SMILES string of the molecule is CC(C)(C)C1CCCC(N)(CCCS(C)(=O)=O)CC1. The summed E-state index contributed by atoms with van der Waals surface area (Å²) in [6.45, 7) is 6.93. The second kappa shape index (κ2) is 6.13. The molecule has 0 bridgehead atoms. The summed E-state index contributed by atoms with van der Waals surface area (Å²) in [4.78, 5) is 0. The number of sulfone groups is 1. The van der Waals surface area contributed by atoms with E-state index in [0.717, 1.165) is 25.2 Å². The summed E-state index contributed by atoms with van der Waals surface area (Å²) in [7, 11) is -2.85. The average molecular weight is 289 g/mol. The maximum absolute atomic E-state index is 11.2. The van der Waals surface area contributed by atoms with Crippen LogP contribution in [0.25, 0.3) is 0 Å². The van der Waals surface area contributed by atoms with E-state index in [0.29, 0.717) is 11.8 Å². The van der Waals surface area contributed by atoms with Gasteiger partial charge in [0.1, 0.15) is 9.84 Å². The molecule has 2 unspecified atom stereocenters. The molecule has 1 aliphatic rings. The summed E-state index contributed by atoms with van der Waals surface area (Å²) in [5.74, 6) is 1.02. The van der Waals surface area contributed by atoms with E-state index in [4.69, 9.17) is 5.73 Å². The Labute approximate surface area is 119 Å². The fraction of sp³-hybridized carbons (Fsp3) is 1.00. The fourth-order valence-corrected chi connectivity index (χ4v) is 3.90. The number of nitrogens with two attached hydrogens (primary N) is 1. The Morgan fingerprint density at radius 1 is 1.21 bits per heavy atom. The van der Waals surface area contributed by atoms with Gasteiger partial charge in [0.2, 0.25) is 0 Å². The number of hydrogen-bond acceptors (Lipinski definition) is 3. The predicted molar refractivity (Wildman–Crippen MR) is 81.9 cm³/mol. The molecule has 4 heteroatoms. The molecule has 114 valence electrons. The molecule has 0 spiro atoms. The molecule has 2 N–H and O–H groups in total. The van der Waals surface area contributed by atoms with Gasteiger partial charge in [-0.25, -0.2) is 8.42 Å². The van der Waals surface area contributed by atoms with Gasteiger partial charge < -0.3 is 5.73 Å². The van der Waals surface area contributed by atoms with Crippen LogP contribution in [0.15, 0.2) is 0 Å². The zero-order valence-electron chi connectivity index (χ0n) is 13.0. The van der Waals surface area contributed by atoms with Crippen molar-refractivity contribution in [1.82, 2.24) is 0 Å².